The summed E-state index contributed by atoms with van der Waals surface area (Å²) in [6, 6.07) is 7.73. The molecule has 3 aliphatic rings. The molecule has 7 nitrogen and oxygen atoms in total. The molecule has 8 heteroatoms. The molecule has 1 aromatic heterocycles. The standard InChI is InChI=1S/C23H25FN6O/c1-5-23(14-8-6-7-13(9-14)15-11-26-30(4)19(15)24)16-12-25-29-20(16)27-17-10-22(2,3)28-21(31)18(17)23/h6-9,11-12,20,27H,5,10H2,1-4H3,(H,28,31)/t20?,23-/m1/s1. The minimum Gasteiger partial charge on any atom is -0.362 e. The number of hydrogen-bond donors (Lipinski definition) is 2. The fourth-order valence-electron chi connectivity index (χ4n) is 5.18. The van der Waals surface area contributed by atoms with E-state index in [-0.39, 0.29) is 17.6 Å². The highest BCUT2D eigenvalue weighted by molar-refractivity contribution is 6.00. The van der Waals surface area contributed by atoms with E-state index in [4.69, 9.17) is 0 Å². The van der Waals surface area contributed by atoms with Crippen LogP contribution in [-0.2, 0) is 17.3 Å². The molecule has 31 heavy (non-hydrogen) atoms. The van der Waals surface area contributed by atoms with E-state index in [1.807, 2.05) is 38.1 Å². The van der Waals surface area contributed by atoms with Crippen LogP contribution in [0.25, 0.3) is 11.1 Å². The van der Waals surface area contributed by atoms with Gasteiger partial charge in [-0.2, -0.15) is 19.7 Å². The van der Waals surface area contributed by atoms with Gasteiger partial charge < -0.3 is 10.6 Å². The molecule has 1 aromatic carbocycles. The van der Waals surface area contributed by atoms with E-state index in [0.29, 0.717) is 24.0 Å². The predicted molar refractivity (Wildman–Crippen MR) is 114 cm³/mol. The van der Waals surface area contributed by atoms with Gasteiger partial charge in [-0.15, -0.1) is 0 Å². The van der Waals surface area contributed by atoms with Crippen molar-refractivity contribution in [3.05, 3.63) is 65.0 Å². The number of carbonyl (C=O) groups excluding carboxylic acids is 1. The normalized spacial score (nSPS) is 26.2. The molecule has 0 spiro atoms. The van der Waals surface area contributed by atoms with Gasteiger partial charge >= 0.3 is 0 Å². The number of halogens is 1. The van der Waals surface area contributed by atoms with Gasteiger partial charge in [0.2, 0.25) is 5.95 Å². The zero-order valence-electron chi connectivity index (χ0n) is 18.0. The first kappa shape index (κ1) is 19.7. The average molecular weight is 420 g/mol. The summed E-state index contributed by atoms with van der Waals surface area (Å²) in [6.45, 7) is 6.09. The summed E-state index contributed by atoms with van der Waals surface area (Å²) in [5.41, 5.74) is 3.54. The number of benzene rings is 1. The fourth-order valence-corrected chi connectivity index (χ4v) is 5.18. The zero-order valence-corrected chi connectivity index (χ0v) is 18.0. The van der Waals surface area contributed by atoms with Crippen molar-refractivity contribution < 1.29 is 9.18 Å². The second kappa shape index (κ2) is 6.60. The van der Waals surface area contributed by atoms with Crippen LogP contribution in [0.5, 0.6) is 0 Å². The van der Waals surface area contributed by atoms with Crippen molar-refractivity contribution in [1.82, 2.24) is 20.4 Å². The van der Waals surface area contributed by atoms with Crippen LogP contribution in [0.4, 0.5) is 4.39 Å². The maximum absolute atomic E-state index is 14.6. The van der Waals surface area contributed by atoms with Crippen LogP contribution in [0, 0.1) is 5.95 Å². The predicted octanol–water partition coefficient (Wildman–Crippen LogP) is 3.71. The average Bonchev–Trinajstić information content (AvgIpc) is 3.32. The molecule has 2 N–H and O–H groups in total. The third-order valence-electron chi connectivity index (χ3n) is 6.57. The Balaban J connectivity index is 1.74. The van der Waals surface area contributed by atoms with Crippen LogP contribution in [0.1, 0.15) is 39.2 Å². The number of aryl methyl sites for hydroxylation is 1. The minimum absolute atomic E-state index is 0.0928. The van der Waals surface area contributed by atoms with Crippen molar-refractivity contribution in [2.24, 2.45) is 17.3 Å². The molecule has 0 bridgehead atoms. The Morgan fingerprint density at radius 1 is 1.32 bits per heavy atom. The second-order valence-electron chi connectivity index (χ2n) is 9.04. The number of hydrogen-bond acceptors (Lipinski definition) is 5. The number of nitrogens with one attached hydrogen (secondary N) is 2. The smallest absolute Gasteiger partial charge is 0.250 e. The largest absolute Gasteiger partial charge is 0.362 e. The molecule has 4 heterocycles. The number of amides is 1. The Kier molecular flexibility index (Phi) is 4.19. The first-order valence-electron chi connectivity index (χ1n) is 10.5. The lowest BCUT2D eigenvalue weighted by Crippen LogP contribution is -2.58. The van der Waals surface area contributed by atoms with E-state index in [9.17, 15) is 9.18 Å². The van der Waals surface area contributed by atoms with Gasteiger partial charge in [0, 0.05) is 30.3 Å². The fraction of sp³-hybridized carbons (Fsp3) is 0.391. The van der Waals surface area contributed by atoms with Crippen molar-refractivity contribution in [2.75, 3.05) is 0 Å². The molecular weight excluding hydrogens is 395 g/mol. The molecule has 2 atom stereocenters. The van der Waals surface area contributed by atoms with Crippen molar-refractivity contribution in [2.45, 2.75) is 50.7 Å². The number of nitrogens with zero attached hydrogens (tertiary/aromatic N) is 4. The molecule has 1 unspecified atom stereocenters. The van der Waals surface area contributed by atoms with Gasteiger partial charge in [-0.05, 0) is 37.5 Å². The highest BCUT2D eigenvalue weighted by Crippen LogP contribution is 2.51. The van der Waals surface area contributed by atoms with E-state index in [2.05, 4.69) is 32.9 Å². The van der Waals surface area contributed by atoms with E-state index >= 15 is 0 Å². The molecule has 1 amide bonds. The van der Waals surface area contributed by atoms with Crippen LogP contribution in [0.2, 0.25) is 0 Å². The highest BCUT2D eigenvalue weighted by atomic mass is 19.1. The molecule has 3 aliphatic heterocycles. The summed E-state index contributed by atoms with van der Waals surface area (Å²) in [5.74, 6) is -0.488. The van der Waals surface area contributed by atoms with Crippen LogP contribution < -0.4 is 10.6 Å². The Bertz CT molecular complexity index is 1190. The number of rotatable bonds is 3. The van der Waals surface area contributed by atoms with Crippen molar-refractivity contribution in [1.29, 1.82) is 0 Å². The third kappa shape index (κ3) is 2.77. The summed E-state index contributed by atoms with van der Waals surface area (Å²) in [4.78, 5) is 13.4. The molecule has 0 saturated carbocycles. The Morgan fingerprint density at radius 3 is 2.84 bits per heavy atom. The Hall–Kier alpha value is -3.29. The molecular formula is C23H25FN6O. The molecule has 2 aromatic rings. The number of azo groups is 1. The highest BCUT2D eigenvalue weighted by Gasteiger charge is 2.53. The number of carbonyl (C=O) groups is 1. The van der Waals surface area contributed by atoms with Crippen molar-refractivity contribution >= 4 is 5.91 Å². The van der Waals surface area contributed by atoms with Gasteiger partial charge in [-0.3, -0.25) is 4.79 Å². The third-order valence-corrected chi connectivity index (χ3v) is 6.57. The summed E-state index contributed by atoms with van der Waals surface area (Å²) < 4.78 is 15.8. The summed E-state index contributed by atoms with van der Waals surface area (Å²) >= 11 is 0. The minimum atomic E-state index is -0.704. The molecule has 5 rings (SSSR count). The van der Waals surface area contributed by atoms with E-state index < -0.39 is 11.4 Å². The maximum Gasteiger partial charge on any atom is 0.250 e. The lowest BCUT2D eigenvalue weighted by molar-refractivity contribution is -0.120. The molecule has 0 radical (unpaired) electrons. The quantitative estimate of drug-likeness (QED) is 0.794. The molecule has 0 saturated heterocycles. The van der Waals surface area contributed by atoms with Crippen LogP contribution in [-0.4, -0.2) is 27.4 Å². The van der Waals surface area contributed by atoms with Crippen molar-refractivity contribution in [3.8, 4) is 11.1 Å². The Labute approximate surface area is 180 Å². The maximum atomic E-state index is 14.6. The topological polar surface area (TPSA) is 83.7 Å². The molecule has 160 valence electrons. The molecule has 0 aliphatic carbocycles. The SMILES string of the molecule is CC[C@@]1(c2cccc(-c3cnn(C)c3F)c2)C2=CN=NC2NC2=C1C(=O)NC(C)(C)C2. The summed E-state index contributed by atoms with van der Waals surface area (Å²) in [5, 5.41) is 19.2. The first-order valence-corrected chi connectivity index (χ1v) is 10.5. The number of fused-ring (bicyclic) bond motifs is 1. The molecule has 0 fully saturated rings. The van der Waals surface area contributed by atoms with Gasteiger partial charge in [0.1, 0.15) is 0 Å². The lowest BCUT2D eigenvalue weighted by atomic mass is 9.62. The van der Waals surface area contributed by atoms with E-state index in [1.165, 1.54) is 10.9 Å². The summed E-state index contributed by atoms with van der Waals surface area (Å²) in [7, 11) is 1.57. The first-order chi connectivity index (χ1) is 14.8. The van der Waals surface area contributed by atoms with Crippen LogP contribution in [0.3, 0.4) is 0 Å². The zero-order chi connectivity index (χ0) is 22.0. The van der Waals surface area contributed by atoms with Gasteiger partial charge in [0.05, 0.1) is 28.9 Å². The van der Waals surface area contributed by atoms with Gasteiger partial charge in [0.25, 0.3) is 5.91 Å². The summed E-state index contributed by atoms with van der Waals surface area (Å²) in [6.07, 6.45) is 4.30. The Morgan fingerprint density at radius 2 is 2.13 bits per heavy atom. The monoisotopic (exact) mass is 420 g/mol. The van der Waals surface area contributed by atoms with Crippen LogP contribution in [0.15, 0.2) is 63.7 Å². The van der Waals surface area contributed by atoms with E-state index in [1.54, 1.807) is 13.2 Å². The van der Waals surface area contributed by atoms with E-state index in [0.717, 1.165) is 22.4 Å². The van der Waals surface area contributed by atoms with Gasteiger partial charge in [-0.1, -0.05) is 25.1 Å². The number of aromatic nitrogens is 2. The van der Waals surface area contributed by atoms with Crippen LogP contribution >= 0.6 is 0 Å². The van der Waals surface area contributed by atoms with Gasteiger partial charge in [0.15, 0.2) is 6.17 Å². The van der Waals surface area contributed by atoms with Gasteiger partial charge in [-0.25, -0.2) is 4.68 Å². The second-order valence-corrected chi connectivity index (χ2v) is 9.04. The van der Waals surface area contributed by atoms with Crippen molar-refractivity contribution in [3.63, 3.8) is 0 Å². The lowest BCUT2D eigenvalue weighted by Gasteiger charge is -2.48.